The van der Waals surface area contributed by atoms with Crippen LogP contribution in [0.3, 0.4) is 0 Å². The van der Waals surface area contributed by atoms with E-state index in [1.165, 1.54) is 0 Å². The van der Waals surface area contributed by atoms with Crippen molar-refractivity contribution >= 4 is 25.8 Å². The standard InChI is InChI=1S/C15H15BrO3S/c1-19-14-7-5-12(6-8-14)9-10-20(17,18)15-4-2-3-13(16)11-15/h2-8,11H,9-10H2,1H3. The van der Waals surface area contributed by atoms with Crippen molar-refractivity contribution < 1.29 is 13.2 Å². The number of methoxy groups -OCH3 is 1. The van der Waals surface area contributed by atoms with Crippen LogP contribution in [0, 0.1) is 0 Å². The van der Waals surface area contributed by atoms with Crippen LogP contribution >= 0.6 is 15.9 Å². The Kier molecular flexibility index (Phi) is 4.83. The fourth-order valence-electron chi connectivity index (χ4n) is 1.82. The fourth-order valence-corrected chi connectivity index (χ4v) is 3.71. The maximum atomic E-state index is 12.2. The molecule has 5 heteroatoms. The third-order valence-corrected chi connectivity index (χ3v) is 5.18. The van der Waals surface area contributed by atoms with Crippen LogP contribution in [0.5, 0.6) is 5.75 Å². The number of halogens is 1. The first-order valence-corrected chi connectivity index (χ1v) is 8.57. The molecule has 0 fully saturated rings. The Bertz CT molecular complexity index is 679. The average Bonchev–Trinajstić information content (AvgIpc) is 2.46. The summed E-state index contributed by atoms with van der Waals surface area (Å²) in [5.74, 6) is 0.860. The zero-order valence-electron chi connectivity index (χ0n) is 11.0. The summed E-state index contributed by atoms with van der Waals surface area (Å²) in [6.45, 7) is 0. The minimum Gasteiger partial charge on any atom is -0.497 e. The van der Waals surface area contributed by atoms with Gasteiger partial charge in [-0.15, -0.1) is 0 Å². The Morgan fingerprint density at radius 3 is 2.40 bits per heavy atom. The molecule has 0 radical (unpaired) electrons. The first-order valence-electron chi connectivity index (χ1n) is 6.12. The second-order valence-corrected chi connectivity index (χ2v) is 7.40. The number of sulfone groups is 1. The van der Waals surface area contributed by atoms with E-state index in [2.05, 4.69) is 15.9 Å². The number of hydrogen-bond acceptors (Lipinski definition) is 3. The van der Waals surface area contributed by atoms with Crippen molar-refractivity contribution in [1.29, 1.82) is 0 Å². The molecule has 106 valence electrons. The van der Waals surface area contributed by atoms with Crippen LogP contribution in [0.25, 0.3) is 0 Å². The SMILES string of the molecule is COc1ccc(CCS(=O)(=O)c2cccc(Br)c2)cc1. The minimum absolute atomic E-state index is 0.0930. The van der Waals surface area contributed by atoms with Crippen LogP contribution in [-0.2, 0) is 16.3 Å². The van der Waals surface area contributed by atoms with E-state index in [4.69, 9.17) is 4.74 Å². The summed E-state index contributed by atoms with van der Waals surface area (Å²) in [6, 6.07) is 14.2. The largest absolute Gasteiger partial charge is 0.497 e. The number of hydrogen-bond donors (Lipinski definition) is 0. The van der Waals surface area contributed by atoms with Crippen molar-refractivity contribution in [2.75, 3.05) is 12.9 Å². The molecule has 0 aliphatic heterocycles. The summed E-state index contributed by atoms with van der Waals surface area (Å²) in [5, 5.41) is 0. The Morgan fingerprint density at radius 1 is 1.10 bits per heavy atom. The summed E-state index contributed by atoms with van der Waals surface area (Å²) in [5.41, 5.74) is 0.976. The molecular formula is C15H15BrO3S. The van der Waals surface area contributed by atoms with E-state index in [-0.39, 0.29) is 5.75 Å². The van der Waals surface area contributed by atoms with Crippen molar-refractivity contribution in [3.8, 4) is 5.75 Å². The van der Waals surface area contributed by atoms with Gasteiger partial charge in [-0.05, 0) is 42.3 Å². The molecule has 0 bridgehead atoms. The fraction of sp³-hybridized carbons (Fsp3) is 0.200. The minimum atomic E-state index is -3.26. The van der Waals surface area contributed by atoms with Crippen LogP contribution in [-0.4, -0.2) is 21.3 Å². The molecule has 20 heavy (non-hydrogen) atoms. The van der Waals surface area contributed by atoms with E-state index in [1.807, 2.05) is 30.3 Å². The number of benzene rings is 2. The highest BCUT2D eigenvalue weighted by Gasteiger charge is 2.14. The highest BCUT2D eigenvalue weighted by Crippen LogP contribution is 2.19. The van der Waals surface area contributed by atoms with Crippen molar-refractivity contribution in [2.24, 2.45) is 0 Å². The third kappa shape index (κ3) is 3.84. The van der Waals surface area contributed by atoms with E-state index in [1.54, 1.807) is 25.3 Å². The van der Waals surface area contributed by atoms with Crippen molar-refractivity contribution in [1.82, 2.24) is 0 Å². The van der Waals surface area contributed by atoms with Crippen molar-refractivity contribution in [2.45, 2.75) is 11.3 Å². The monoisotopic (exact) mass is 354 g/mol. The maximum Gasteiger partial charge on any atom is 0.178 e. The summed E-state index contributed by atoms with van der Waals surface area (Å²) in [4.78, 5) is 0.348. The van der Waals surface area contributed by atoms with Gasteiger partial charge in [0.1, 0.15) is 5.75 Å². The molecule has 0 saturated heterocycles. The predicted molar refractivity (Wildman–Crippen MR) is 82.9 cm³/mol. The molecule has 0 unspecified atom stereocenters. The summed E-state index contributed by atoms with van der Waals surface area (Å²) in [7, 11) is -1.65. The van der Waals surface area contributed by atoms with Crippen LogP contribution in [0.4, 0.5) is 0 Å². The first kappa shape index (κ1) is 15.1. The molecule has 2 aromatic rings. The van der Waals surface area contributed by atoms with E-state index >= 15 is 0 Å². The highest BCUT2D eigenvalue weighted by molar-refractivity contribution is 9.10. The second-order valence-electron chi connectivity index (χ2n) is 4.37. The van der Waals surface area contributed by atoms with Crippen LogP contribution in [0.1, 0.15) is 5.56 Å². The normalized spacial score (nSPS) is 11.3. The summed E-state index contributed by atoms with van der Waals surface area (Å²) >= 11 is 3.29. The van der Waals surface area contributed by atoms with Gasteiger partial charge >= 0.3 is 0 Å². The lowest BCUT2D eigenvalue weighted by atomic mass is 10.2. The average molecular weight is 355 g/mol. The van der Waals surface area contributed by atoms with Gasteiger partial charge in [0, 0.05) is 4.47 Å². The maximum absolute atomic E-state index is 12.2. The van der Waals surface area contributed by atoms with Gasteiger partial charge in [0.25, 0.3) is 0 Å². The molecule has 0 heterocycles. The predicted octanol–water partition coefficient (Wildman–Crippen LogP) is 3.47. The topological polar surface area (TPSA) is 43.4 Å². The Labute approximate surface area is 127 Å². The molecule has 0 aliphatic rings. The van der Waals surface area contributed by atoms with E-state index < -0.39 is 9.84 Å². The molecule has 0 saturated carbocycles. The van der Waals surface area contributed by atoms with Gasteiger partial charge in [0.2, 0.25) is 0 Å². The number of rotatable bonds is 5. The van der Waals surface area contributed by atoms with E-state index in [0.29, 0.717) is 11.3 Å². The van der Waals surface area contributed by atoms with Crippen molar-refractivity contribution in [3.63, 3.8) is 0 Å². The third-order valence-electron chi connectivity index (χ3n) is 2.97. The van der Waals surface area contributed by atoms with Gasteiger partial charge in [-0.2, -0.15) is 0 Å². The zero-order valence-corrected chi connectivity index (χ0v) is 13.4. The smallest absolute Gasteiger partial charge is 0.178 e. The molecule has 2 rings (SSSR count). The lowest BCUT2D eigenvalue weighted by Gasteiger charge is -2.06. The lowest BCUT2D eigenvalue weighted by Crippen LogP contribution is -2.09. The van der Waals surface area contributed by atoms with Crippen molar-refractivity contribution in [3.05, 3.63) is 58.6 Å². The van der Waals surface area contributed by atoms with Gasteiger partial charge in [0.15, 0.2) is 9.84 Å². The molecule has 0 amide bonds. The van der Waals surface area contributed by atoms with E-state index in [0.717, 1.165) is 15.8 Å². The molecule has 2 aromatic carbocycles. The number of ether oxygens (including phenoxy) is 1. The van der Waals surface area contributed by atoms with Gasteiger partial charge in [-0.25, -0.2) is 8.42 Å². The molecule has 0 atom stereocenters. The molecule has 0 aromatic heterocycles. The quantitative estimate of drug-likeness (QED) is 0.825. The Morgan fingerprint density at radius 2 is 1.80 bits per heavy atom. The lowest BCUT2D eigenvalue weighted by molar-refractivity contribution is 0.414. The zero-order chi connectivity index (χ0) is 14.6. The molecule has 0 spiro atoms. The van der Waals surface area contributed by atoms with Crippen LogP contribution < -0.4 is 4.74 Å². The van der Waals surface area contributed by atoms with Gasteiger partial charge in [-0.3, -0.25) is 0 Å². The highest BCUT2D eigenvalue weighted by atomic mass is 79.9. The Balaban J connectivity index is 2.09. The van der Waals surface area contributed by atoms with Gasteiger partial charge in [0.05, 0.1) is 17.8 Å². The molecule has 3 nitrogen and oxygen atoms in total. The number of aryl methyl sites for hydroxylation is 1. The molecular weight excluding hydrogens is 340 g/mol. The summed E-state index contributed by atoms with van der Waals surface area (Å²) < 4.78 is 30.3. The van der Waals surface area contributed by atoms with E-state index in [9.17, 15) is 8.42 Å². The van der Waals surface area contributed by atoms with Crippen LogP contribution in [0.15, 0.2) is 57.9 Å². The summed E-state index contributed by atoms with van der Waals surface area (Å²) in [6.07, 6.45) is 0.485. The second kappa shape index (κ2) is 6.41. The van der Waals surface area contributed by atoms with Gasteiger partial charge in [-0.1, -0.05) is 34.1 Å². The first-order chi connectivity index (χ1) is 9.51. The van der Waals surface area contributed by atoms with Crippen LogP contribution in [0.2, 0.25) is 0 Å². The molecule has 0 N–H and O–H groups in total. The molecule has 0 aliphatic carbocycles. The Hall–Kier alpha value is -1.33. The van der Waals surface area contributed by atoms with Gasteiger partial charge < -0.3 is 4.74 Å².